The van der Waals surface area contributed by atoms with Crippen molar-refractivity contribution >= 4 is 70.9 Å². The van der Waals surface area contributed by atoms with E-state index in [9.17, 15) is 47.9 Å². The van der Waals surface area contributed by atoms with Crippen molar-refractivity contribution in [1.82, 2.24) is 35.1 Å². The van der Waals surface area contributed by atoms with Gasteiger partial charge in [-0.1, -0.05) is 97.1 Å². The Morgan fingerprint density at radius 3 is 1.95 bits per heavy atom. The maximum atomic E-state index is 15.1. The van der Waals surface area contributed by atoms with Crippen LogP contribution in [0.4, 0.5) is 10.5 Å². The number of nitrogens with zero attached hydrogens (tertiary/aromatic N) is 5. The molecule has 0 saturated carbocycles. The molecule has 5 aromatic carbocycles. The molecule has 2 fully saturated rings. The third-order valence-electron chi connectivity index (χ3n) is 17.8. The van der Waals surface area contributed by atoms with E-state index in [0.29, 0.717) is 73.8 Å². The summed E-state index contributed by atoms with van der Waals surface area (Å²) < 4.78 is 33.9. The molecular weight excluding hydrogens is 1280 g/mol. The number of methoxy groups -OCH3 is 2. The summed E-state index contributed by atoms with van der Waals surface area (Å²) in [5.74, 6) is -6.02. The lowest BCUT2D eigenvalue weighted by Gasteiger charge is -2.36. The van der Waals surface area contributed by atoms with Crippen molar-refractivity contribution in [2.75, 3.05) is 93.2 Å². The fourth-order valence-corrected chi connectivity index (χ4v) is 11.9. The van der Waals surface area contributed by atoms with Gasteiger partial charge in [0.1, 0.15) is 42.6 Å². The van der Waals surface area contributed by atoms with Gasteiger partial charge in [-0.2, -0.15) is 0 Å². The molecule has 3 heterocycles. The van der Waals surface area contributed by atoms with Gasteiger partial charge < -0.3 is 68.9 Å². The molecule has 3 N–H and O–H groups in total. The Labute approximate surface area is 582 Å². The van der Waals surface area contributed by atoms with E-state index in [2.05, 4.69) is 16.0 Å². The summed E-state index contributed by atoms with van der Waals surface area (Å²) in [6.07, 6.45) is 2.17. The zero-order valence-electron chi connectivity index (χ0n) is 57.8. The molecule has 532 valence electrons. The summed E-state index contributed by atoms with van der Waals surface area (Å²) >= 11 is 0. The van der Waals surface area contributed by atoms with E-state index in [1.165, 1.54) is 74.9 Å². The largest absolute Gasteiger partial charge is 0.493 e. The number of anilines is 1. The number of nitrogens with one attached hydrogen (secondary N) is 3. The Morgan fingerprint density at radius 1 is 0.640 bits per heavy atom. The summed E-state index contributed by atoms with van der Waals surface area (Å²) in [6, 6.07) is 31.4. The first-order valence-corrected chi connectivity index (χ1v) is 33.6. The number of piperidine rings is 1. The highest BCUT2D eigenvalue weighted by Gasteiger charge is 2.43. The SMILES string of the molecule is COc1ccc(CC[C@H]2OC(=O)[C@@H]3CCCCN3C(=O)C(=O)C(C)(C)COC(=O)/C=C/CCN(C)C(=O)[C@@H](Cc3ccccc3)NC(=O)CN(C)C(=O)[C@@H](Cc3ccccc3)NC(=O)[C@H](Cc3ccc(OC(=O)N4CCOCC4)cc3)N(C)C(=O)CCC(=O)Nc3cccc2c3)cc1OC. The fraction of sp³-hybridized carbons (Fsp3) is 0.427. The maximum Gasteiger partial charge on any atom is 0.415 e. The average molecular weight is 1380 g/mol. The Hall–Kier alpha value is -10.4. The topological polar surface area (TPSA) is 295 Å². The van der Waals surface area contributed by atoms with Gasteiger partial charge in [-0.25, -0.2) is 14.4 Å². The minimum absolute atomic E-state index is 0.0444. The highest BCUT2D eigenvalue weighted by Crippen LogP contribution is 2.33. The Morgan fingerprint density at radius 2 is 1.28 bits per heavy atom. The van der Waals surface area contributed by atoms with Gasteiger partial charge in [-0.05, 0) is 117 Å². The predicted molar refractivity (Wildman–Crippen MR) is 368 cm³/mol. The van der Waals surface area contributed by atoms with Crippen LogP contribution in [0, 0.1) is 5.41 Å². The van der Waals surface area contributed by atoms with Crippen LogP contribution in [0.5, 0.6) is 17.2 Å². The van der Waals surface area contributed by atoms with E-state index < -0.39 is 114 Å². The van der Waals surface area contributed by atoms with Crippen molar-refractivity contribution in [2.24, 2.45) is 5.41 Å². The molecule has 25 heteroatoms. The number of amides is 8. The van der Waals surface area contributed by atoms with E-state index >= 15 is 4.79 Å². The lowest BCUT2D eigenvalue weighted by atomic mass is 9.87. The number of carbonyl (C=O) groups excluding carboxylic acids is 11. The highest BCUT2D eigenvalue weighted by atomic mass is 16.6. The van der Waals surface area contributed by atoms with Crippen molar-refractivity contribution in [3.63, 3.8) is 0 Å². The summed E-state index contributed by atoms with van der Waals surface area (Å²) in [6.45, 7) is 3.49. The second kappa shape index (κ2) is 36.4. The molecule has 0 aliphatic carbocycles. The molecule has 0 spiro atoms. The van der Waals surface area contributed by atoms with Gasteiger partial charge in [0.15, 0.2) is 11.5 Å². The zero-order chi connectivity index (χ0) is 71.9. The number of fused-ring (bicyclic) bond motifs is 3. The Kier molecular flexibility index (Phi) is 27.4. The van der Waals surface area contributed by atoms with Crippen molar-refractivity contribution in [3.05, 3.63) is 167 Å². The molecule has 0 unspecified atom stereocenters. The predicted octanol–water partition coefficient (Wildman–Crippen LogP) is 6.39. The van der Waals surface area contributed by atoms with Crippen LogP contribution in [0.1, 0.15) is 92.7 Å². The summed E-state index contributed by atoms with van der Waals surface area (Å²) in [7, 11) is 7.37. The van der Waals surface area contributed by atoms with Crippen molar-refractivity contribution in [2.45, 2.75) is 115 Å². The lowest BCUT2D eigenvalue weighted by Crippen LogP contribution is -2.57. The van der Waals surface area contributed by atoms with Crippen LogP contribution in [0.2, 0.25) is 0 Å². The van der Waals surface area contributed by atoms with Crippen LogP contribution >= 0.6 is 0 Å². The number of Topliss-reactive ketones (excluding diaryl/α,β-unsaturated/α-hetero) is 1. The van der Waals surface area contributed by atoms with E-state index in [-0.39, 0.29) is 75.9 Å². The third kappa shape index (κ3) is 21.5. The van der Waals surface area contributed by atoms with Gasteiger partial charge in [0.2, 0.25) is 41.2 Å². The van der Waals surface area contributed by atoms with Gasteiger partial charge in [-0.3, -0.25) is 38.4 Å². The molecular formula is C75H90N8O17. The number of aryl methyl sites for hydroxylation is 1. The number of esters is 2. The van der Waals surface area contributed by atoms with Crippen LogP contribution in [0.3, 0.4) is 0 Å². The van der Waals surface area contributed by atoms with Gasteiger partial charge in [0, 0.05) is 91.2 Å². The molecule has 5 atom stereocenters. The molecule has 2 saturated heterocycles. The van der Waals surface area contributed by atoms with Crippen molar-refractivity contribution in [1.29, 1.82) is 0 Å². The number of carbonyl (C=O) groups is 11. The van der Waals surface area contributed by atoms with Crippen LogP contribution in [0.25, 0.3) is 0 Å². The van der Waals surface area contributed by atoms with Gasteiger partial charge in [0.25, 0.3) is 5.91 Å². The number of ether oxygens (including phenoxy) is 6. The Bertz CT molecular complexity index is 3730. The minimum atomic E-state index is -1.54. The molecule has 8 rings (SSSR count). The normalized spacial score (nSPS) is 21.6. The zero-order valence-corrected chi connectivity index (χ0v) is 57.8. The average Bonchev–Trinajstić information content (AvgIpc) is 0.809. The first-order valence-electron chi connectivity index (χ1n) is 33.6. The second-order valence-electron chi connectivity index (χ2n) is 25.7. The third-order valence-corrected chi connectivity index (χ3v) is 17.8. The molecule has 25 nitrogen and oxygen atoms in total. The standard InChI is InChI=1S/C75H90N8O17/c1-75(2)49-98-67(87)26-15-16-37-79(3)70(90)57(43-50-19-10-8-11-20-50)77-65(85)48-80(4)71(91)58(44-51-21-12-9-13-22-51)78-69(89)60(45-52-27-31-56(32-28-52)99-74(94)82-39-41-97-42-40-82)81(5)66(86)36-35-64(84)76-55-24-18-23-54(47-55)61(33-29-53-30-34-62(95-6)63(46-53)96-7)100-73(93)59-25-14-17-38-83(59)72(92)68(75)88/h8-13,15,18-24,26-28,30-32,34,46-47,57-61H,14,16-17,25,29,33,35-45,48-49H2,1-7H3,(H,76,84)(H,77,85)(H,78,89)/b26-15+/t57-,58-,59+,60+,61-/m1/s1. The molecule has 3 aliphatic heterocycles. The van der Waals surface area contributed by atoms with Crippen LogP contribution in [0.15, 0.2) is 140 Å². The molecule has 0 aromatic heterocycles. The van der Waals surface area contributed by atoms with Gasteiger partial charge in [0.05, 0.1) is 39.4 Å². The van der Waals surface area contributed by atoms with E-state index in [4.69, 9.17) is 28.4 Å². The molecule has 100 heavy (non-hydrogen) atoms. The van der Waals surface area contributed by atoms with E-state index in [0.717, 1.165) is 22.1 Å². The van der Waals surface area contributed by atoms with Crippen molar-refractivity contribution in [3.8, 4) is 17.2 Å². The number of morpholine rings is 1. The maximum absolute atomic E-state index is 15.1. The molecule has 8 amide bonds. The number of cyclic esters (lactones) is 2. The first kappa shape index (κ1) is 75.3. The molecule has 3 aliphatic rings. The monoisotopic (exact) mass is 1370 g/mol. The minimum Gasteiger partial charge on any atom is -0.493 e. The van der Waals surface area contributed by atoms with Crippen LogP contribution < -0.4 is 30.2 Å². The van der Waals surface area contributed by atoms with Gasteiger partial charge in [-0.15, -0.1) is 0 Å². The lowest BCUT2D eigenvalue weighted by molar-refractivity contribution is -0.165. The number of likely N-dealkylation sites (N-methyl/N-ethyl adjacent to an activating group) is 3. The summed E-state index contributed by atoms with van der Waals surface area (Å²) in [5.41, 5.74) is 1.94. The summed E-state index contributed by atoms with van der Waals surface area (Å²) in [4.78, 5) is 162. The second-order valence-corrected chi connectivity index (χ2v) is 25.7. The quantitative estimate of drug-likeness (QED) is 0.0900. The summed E-state index contributed by atoms with van der Waals surface area (Å²) in [5, 5.41) is 8.56. The van der Waals surface area contributed by atoms with Gasteiger partial charge >= 0.3 is 18.0 Å². The number of rotatable bonds is 12. The fourth-order valence-electron chi connectivity index (χ4n) is 11.9. The Balaban J connectivity index is 1.10. The molecule has 2 bridgehead atoms. The van der Waals surface area contributed by atoms with E-state index in [1.54, 1.807) is 115 Å². The first-order chi connectivity index (χ1) is 48.0. The highest BCUT2D eigenvalue weighted by molar-refractivity contribution is 6.38. The van der Waals surface area contributed by atoms with Crippen LogP contribution in [-0.2, 0) is 87.8 Å². The molecule has 5 aromatic rings. The van der Waals surface area contributed by atoms with E-state index in [1.807, 2.05) is 12.1 Å². The molecule has 0 radical (unpaired) electrons. The van der Waals surface area contributed by atoms with Crippen molar-refractivity contribution < 1.29 is 81.2 Å². The smallest absolute Gasteiger partial charge is 0.415 e. The number of hydrogen-bond donors (Lipinski definition) is 3. The number of hydrogen-bond acceptors (Lipinski definition) is 17. The number of ketones is 1. The number of benzene rings is 5. The van der Waals surface area contributed by atoms with Crippen LogP contribution in [-0.4, -0.2) is 202 Å².